The van der Waals surface area contributed by atoms with Crippen molar-refractivity contribution in [3.05, 3.63) is 22.1 Å². The Labute approximate surface area is 212 Å². The van der Waals surface area contributed by atoms with Crippen LogP contribution >= 0.6 is 0 Å². The maximum Gasteiger partial charge on any atom is 0.427 e. The van der Waals surface area contributed by atoms with Gasteiger partial charge in [0.15, 0.2) is 0 Å². The van der Waals surface area contributed by atoms with Crippen molar-refractivity contribution in [2.75, 3.05) is 6.61 Å². The van der Waals surface area contributed by atoms with Crippen LogP contribution in [0.2, 0.25) is 0 Å². The average molecular weight is 502 g/mol. The fourth-order valence-electron chi connectivity index (χ4n) is 8.34. The molecular formula is C26H39N5O5. The van der Waals surface area contributed by atoms with Crippen LogP contribution in [0.4, 0.5) is 4.79 Å². The lowest BCUT2D eigenvalue weighted by molar-refractivity contribution is -0.148. The summed E-state index contributed by atoms with van der Waals surface area (Å²) >= 11 is 0. The standard InChI is InChI=1S/C26H39N5O5/c1-6-35-23(34)29-28-15(2)26(30-31-27)22(33)14-21-19-8-7-17-13-18(36-16(3)32)9-11-24(17,4)20(19)10-12-25(21,26)5/h7,18-22,33H,6,8-14H2,1-5H3,(H,29,34)/b28-15-/t18-,19+,20-,21-,22+,24-,25-,26+/m0/s1. The number of nitrogens with zero attached hydrogens (tertiary/aromatic N) is 4. The second kappa shape index (κ2) is 9.71. The average Bonchev–Trinajstić information content (AvgIpc) is 3.05. The van der Waals surface area contributed by atoms with E-state index in [4.69, 9.17) is 9.47 Å². The molecule has 0 bridgehead atoms. The Morgan fingerprint density at radius 3 is 2.67 bits per heavy atom. The predicted molar refractivity (Wildman–Crippen MR) is 134 cm³/mol. The molecule has 198 valence electrons. The van der Waals surface area contributed by atoms with Gasteiger partial charge in [-0.3, -0.25) is 4.79 Å². The van der Waals surface area contributed by atoms with Gasteiger partial charge >= 0.3 is 12.1 Å². The summed E-state index contributed by atoms with van der Waals surface area (Å²) in [5.74, 6) is 0.678. The van der Waals surface area contributed by atoms with Crippen molar-refractivity contribution in [3.63, 3.8) is 0 Å². The SMILES string of the molecule is CCOC(=O)N/N=C(/C)[C@@]1(N=[N+]=[N-])[C@H](O)C[C@H]2[C@@H]3CC=C4C[C@@H](OC(C)=O)CC[C@]4(C)[C@H]3CC[C@@]21C. The summed E-state index contributed by atoms with van der Waals surface area (Å²) in [5.41, 5.74) is 12.0. The van der Waals surface area contributed by atoms with Crippen molar-refractivity contribution in [1.82, 2.24) is 5.43 Å². The van der Waals surface area contributed by atoms with E-state index >= 15 is 0 Å². The van der Waals surface area contributed by atoms with Crippen molar-refractivity contribution in [1.29, 1.82) is 0 Å². The first-order valence-corrected chi connectivity index (χ1v) is 13.1. The molecule has 0 radical (unpaired) electrons. The van der Waals surface area contributed by atoms with Gasteiger partial charge in [-0.2, -0.15) is 5.10 Å². The lowest BCUT2D eigenvalue weighted by atomic mass is 9.46. The molecule has 0 unspecified atom stereocenters. The molecule has 0 aromatic rings. The molecule has 36 heavy (non-hydrogen) atoms. The minimum atomic E-state index is -1.26. The molecule has 4 aliphatic carbocycles. The minimum Gasteiger partial charge on any atom is -0.462 e. The van der Waals surface area contributed by atoms with Crippen LogP contribution in [0.15, 0.2) is 21.9 Å². The highest BCUT2D eigenvalue weighted by atomic mass is 16.6. The van der Waals surface area contributed by atoms with Crippen molar-refractivity contribution >= 4 is 17.8 Å². The van der Waals surface area contributed by atoms with Crippen LogP contribution < -0.4 is 5.43 Å². The van der Waals surface area contributed by atoms with E-state index in [0.29, 0.717) is 24.0 Å². The highest BCUT2D eigenvalue weighted by Gasteiger charge is 2.68. The van der Waals surface area contributed by atoms with E-state index in [9.17, 15) is 20.2 Å². The number of hydrogen-bond acceptors (Lipinski definition) is 7. The minimum absolute atomic E-state index is 0.0319. The zero-order valence-electron chi connectivity index (χ0n) is 22.0. The maximum atomic E-state index is 11.9. The Morgan fingerprint density at radius 2 is 2.00 bits per heavy atom. The van der Waals surface area contributed by atoms with E-state index in [1.165, 1.54) is 12.5 Å². The number of amides is 1. The summed E-state index contributed by atoms with van der Waals surface area (Å²) in [6.07, 6.45) is 6.42. The second-order valence-electron chi connectivity index (χ2n) is 11.4. The number of rotatable bonds is 5. The highest BCUT2D eigenvalue weighted by Crippen LogP contribution is 2.68. The monoisotopic (exact) mass is 501 g/mol. The van der Waals surface area contributed by atoms with E-state index in [-0.39, 0.29) is 30.0 Å². The molecule has 0 spiro atoms. The number of hydrogen-bond donors (Lipinski definition) is 2. The van der Waals surface area contributed by atoms with Crippen molar-refractivity contribution < 1.29 is 24.2 Å². The second-order valence-corrected chi connectivity index (χ2v) is 11.4. The lowest BCUT2D eigenvalue weighted by Gasteiger charge is -2.59. The van der Waals surface area contributed by atoms with Gasteiger partial charge in [0.2, 0.25) is 0 Å². The van der Waals surface area contributed by atoms with Gasteiger partial charge in [-0.1, -0.05) is 30.6 Å². The Bertz CT molecular complexity index is 1020. The number of fused-ring (bicyclic) bond motifs is 5. The number of allylic oxidation sites excluding steroid dienone is 1. The van der Waals surface area contributed by atoms with Gasteiger partial charge in [0.05, 0.1) is 18.4 Å². The van der Waals surface area contributed by atoms with Gasteiger partial charge in [-0.05, 0) is 86.5 Å². The van der Waals surface area contributed by atoms with Crippen LogP contribution in [0.1, 0.15) is 79.6 Å². The molecule has 0 aliphatic heterocycles. The summed E-state index contributed by atoms with van der Waals surface area (Å²) in [6.45, 7) is 9.56. The quantitative estimate of drug-likeness (QED) is 0.103. The molecule has 10 heteroatoms. The van der Waals surface area contributed by atoms with Gasteiger partial charge in [-0.15, -0.1) is 0 Å². The molecule has 3 fully saturated rings. The first-order valence-electron chi connectivity index (χ1n) is 13.1. The van der Waals surface area contributed by atoms with E-state index < -0.39 is 23.2 Å². The van der Waals surface area contributed by atoms with Crippen molar-refractivity contribution in [3.8, 4) is 0 Å². The van der Waals surface area contributed by atoms with Crippen LogP contribution in [0, 0.1) is 28.6 Å². The van der Waals surface area contributed by atoms with Crippen LogP contribution in [-0.2, 0) is 14.3 Å². The van der Waals surface area contributed by atoms with Crippen molar-refractivity contribution in [2.24, 2.45) is 38.8 Å². The van der Waals surface area contributed by atoms with E-state index in [1.54, 1.807) is 13.8 Å². The molecule has 8 atom stereocenters. The topological polar surface area (TPSA) is 146 Å². The zero-order valence-corrected chi connectivity index (χ0v) is 22.0. The Balaban J connectivity index is 1.66. The molecule has 0 heterocycles. The van der Waals surface area contributed by atoms with E-state index in [1.807, 2.05) is 0 Å². The number of aliphatic hydroxyl groups excluding tert-OH is 1. The molecule has 1 amide bonds. The van der Waals surface area contributed by atoms with Crippen molar-refractivity contribution in [2.45, 2.75) is 97.3 Å². The van der Waals surface area contributed by atoms with Crippen LogP contribution in [0.3, 0.4) is 0 Å². The smallest absolute Gasteiger partial charge is 0.427 e. The van der Waals surface area contributed by atoms with Gasteiger partial charge in [-0.25, -0.2) is 10.2 Å². The Morgan fingerprint density at radius 1 is 1.25 bits per heavy atom. The molecule has 4 aliphatic rings. The number of ether oxygens (including phenoxy) is 2. The summed E-state index contributed by atoms with van der Waals surface area (Å²) in [4.78, 5) is 26.5. The molecule has 10 nitrogen and oxygen atoms in total. The predicted octanol–water partition coefficient (Wildman–Crippen LogP) is 5.02. The number of hydrazone groups is 1. The molecule has 0 aromatic carbocycles. The van der Waals surface area contributed by atoms with Gasteiger partial charge < -0.3 is 14.6 Å². The third kappa shape index (κ3) is 3.98. The Hall–Kier alpha value is -2.58. The third-order valence-electron chi connectivity index (χ3n) is 9.96. The number of azide groups is 1. The van der Waals surface area contributed by atoms with Crippen LogP contribution in [-0.4, -0.2) is 47.2 Å². The fourth-order valence-corrected chi connectivity index (χ4v) is 8.34. The summed E-state index contributed by atoms with van der Waals surface area (Å²) in [6, 6.07) is 0. The molecule has 0 aromatic heterocycles. The molecule has 4 rings (SSSR count). The number of carbonyl (C=O) groups is 2. The summed E-state index contributed by atoms with van der Waals surface area (Å²) in [5, 5.41) is 19.9. The normalized spacial score (nSPS) is 41.6. The van der Waals surface area contributed by atoms with Gasteiger partial charge in [0.25, 0.3) is 0 Å². The third-order valence-corrected chi connectivity index (χ3v) is 9.96. The first kappa shape index (κ1) is 26.5. The number of nitrogens with one attached hydrogen (secondary N) is 1. The van der Waals surface area contributed by atoms with Gasteiger partial charge in [0, 0.05) is 18.3 Å². The maximum absolute atomic E-state index is 11.9. The zero-order chi connectivity index (χ0) is 26.3. The fraction of sp³-hybridized carbons (Fsp3) is 0.808. The molecular weight excluding hydrogens is 462 g/mol. The molecule has 3 saturated carbocycles. The Kier molecular flexibility index (Phi) is 7.14. The summed E-state index contributed by atoms with van der Waals surface area (Å²) in [7, 11) is 0. The lowest BCUT2D eigenvalue weighted by Crippen LogP contribution is -2.58. The first-order chi connectivity index (χ1) is 17.0. The van der Waals surface area contributed by atoms with Gasteiger partial charge in [0.1, 0.15) is 11.6 Å². The molecule has 0 saturated heterocycles. The molecule has 2 N–H and O–H groups in total. The van der Waals surface area contributed by atoms with E-state index in [2.05, 4.69) is 40.5 Å². The van der Waals surface area contributed by atoms with Crippen LogP contribution in [0.25, 0.3) is 10.4 Å². The number of carbonyl (C=O) groups excluding carboxylic acids is 2. The summed E-state index contributed by atoms with van der Waals surface area (Å²) < 4.78 is 10.5. The largest absolute Gasteiger partial charge is 0.462 e. The number of aliphatic hydroxyl groups is 1. The highest BCUT2D eigenvalue weighted by molar-refractivity contribution is 5.94. The van der Waals surface area contributed by atoms with Crippen LogP contribution in [0.5, 0.6) is 0 Å². The van der Waals surface area contributed by atoms with E-state index in [0.717, 1.165) is 38.5 Å². The number of esters is 1.